The van der Waals surface area contributed by atoms with Crippen molar-refractivity contribution in [2.75, 3.05) is 11.9 Å². The number of alkyl halides is 3. The van der Waals surface area contributed by atoms with Gasteiger partial charge in [0.2, 0.25) is 11.8 Å². The van der Waals surface area contributed by atoms with Crippen molar-refractivity contribution in [2.45, 2.75) is 26.1 Å². The summed E-state index contributed by atoms with van der Waals surface area (Å²) in [4.78, 5) is 26.6. The molecule has 2 amide bonds. The van der Waals surface area contributed by atoms with Crippen LogP contribution < -0.4 is 5.32 Å². The maximum absolute atomic E-state index is 13.1. The molecule has 0 saturated carbocycles. The van der Waals surface area contributed by atoms with Gasteiger partial charge in [-0.05, 0) is 37.3 Å². The zero-order valence-corrected chi connectivity index (χ0v) is 16.5. The van der Waals surface area contributed by atoms with E-state index < -0.39 is 23.6 Å². The number of rotatable bonds is 5. The summed E-state index contributed by atoms with van der Waals surface area (Å²) in [5.41, 5.74) is -0.125. The molecule has 1 aliphatic heterocycles. The predicted molar refractivity (Wildman–Crippen MR) is 104 cm³/mol. The van der Waals surface area contributed by atoms with E-state index in [9.17, 15) is 22.8 Å². The first-order valence-corrected chi connectivity index (χ1v) is 9.56. The average molecular weight is 432 g/mol. The highest BCUT2D eigenvalue weighted by atomic mass is 19.4. The standard InChI is InChI=1S/C21H19F3N4O3/c1-13-8-18(28(26-13)16-5-2-4-15(10-16)21(22,23)24)25-20(30)14-9-19(29)27(11-14)12-17-6-3-7-31-17/h2-8,10,14H,9,11-12H2,1H3,(H,25,30). The fourth-order valence-corrected chi connectivity index (χ4v) is 3.52. The van der Waals surface area contributed by atoms with E-state index in [1.54, 1.807) is 30.0 Å². The molecule has 1 saturated heterocycles. The lowest BCUT2D eigenvalue weighted by Gasteiger charge is -2.15. The molecule has 0 aliphatic carbocycles. The lowest BCUT2D eigenvalue weighted by Crippen LogP contribution is -2.28. The number of carbonyl (C=O) groups is 2. The minimum Gasteiger partial charge on any atom is -0.467 e. The zero-order chi connectivity index (χ0) is 22.2. The van der Waals surface area contributed by atoms with Gasteiger partial charge in [0.1, 0.15) is 11.6 Å². The van der Waals surface area contributed by atoms with Crippen LogP contribution in [-0.4, -0.2) is 33.0 Å². The summed E-state index contributed by atoms with van der Waals surface area (Å²) in [6, 6.07) is 9.72. The Morgan fingerprint density at radius 2 is 2.06 bits per heavy atom. The Hall–Kier alpha value is -3.56. The molecule has 3 aromatic rings. The average Bonchev–Trinajstić information content (AvgIpc) is 3.43. The van der Waals surface area contributed by atoms with E-state index in [0.717, 1.165) is 12.1 Å². The van der Waals surface area contributed by atoms with Gasteiger partial charge in [0.05, 0.1) is 35.7 Å². The van der Waals surface area contributed by atoms with E-state index in [0.29, 0.717) is 11.5 Å². The summed E-state index contributed by atoms with van der Waals surface area (Å²) < 4.78 is 45.7. The number of benzene rings is 1. The van der Waals surface area contributed by atoms with Crippen molar-refractivity contribution in [2.24, 2.45) is 5.92 Å². The minimum absolute atomic E-state index is 0.0449. The van der Waals surface area contributed by atoms with Crippen molar-refractivity contribution in [3.63, 3.8) is 0 Å². The molecule has 10 heteroatoms. The second-order valence-corrected chi connectivity index (χ2v) is 7.37. The molecule has 1 aromatic carbocycles. The minimum atomic E-state index is -4.50. The van der Waals surface area contributed by atoms with Crippen molar-refractivity contribution >= 4 is 17.6 Å². The van der Waals surface area contributed by atoms with E-state index in [2.05, 4.69) is 10.4 Å². The number of anilines is 1. The van der Waals surface area contributed by atoms with Gasteiger partial charge in [0.25, 0.3) is 0 Å². The highest BCUT2D eigenvalue weighted by molar-refractivity contribution is 5.96. The van der Waals surface area contributed by atoms with Crippen molar-refractivity contribution in [1.29, 1.82) is 0 Å². The Morgan fingerprint density at radius 1 is 1.26 bits per heavy atom. The number of aryl methyl sites for hydroxylation is 1. The zero-order valence-electron chi connectivity index (χ0n) is 16.5. The summed E-state index contributed by atoms with van der Waals surface area (Å²) in [6.45, 7) is 2.17. The second kappa shape index (κ2) is 7.93. The van der Waals surface area contributed by atoms with Gasteiger partial charge in [0, 0.05) is 19.0 Å². The Labute approximate surface area is 175 Å². The molecule has 0 bridgehead atoms. The van der Waals surface area contributed by atoms with Crippen LogP contribution in [0.15, 0.2) is 53.1 Å². The SMILES string of the molecule is Cc1cc(NC(=O)C2CC(=O)N(Cc3ccco3)C2)n(-c2cccc(C(F)(F)F)c2)n1. The molecule has 7 nitrogen and oxygen atoms in total. The van der Waals surface area contributed by atoms with Crippen LogP contribution in [0.3, 0.4) is 0 Å². The number of furan rings is 1. The molecular formula is C21H19F3N4O3. The fraction of sp³-hybridized carbons (Fsp3) is 0.286. The molecule has 2 aromatic heterocycles. The fourth-order valence-electron chi connectivity index (χ4n) is 3.52. The molecular weight excluding hydrogens is 413 g/mol. The number of nitrogens with one attached hydrogen (secondary N) is 1. The highest BCUT2D eigenvalue weighted by Crippen LogP contribution is 2.31. The van der Waals surface area contributed by atoms with Crippen LogP contribution in [0.1, 0.15) is 23.4 Å². The van der Waals surface area contributed by atoms with Crippen molar-refractivity contribution < 1.29 is 27.2 Å². The molecule has 0 radical (unpaired) electrons. The Bertz CT molecular complexity index is 1110. The van der Waals surface area contributed by atoms with Gasteiger partial charge in [-0.3, -0.25) is 9.59 Å². The van der Waals surface area contributed by atoms with Gasteiger partial charge < -0.3 is 14.6 Å². The maximum atomic E-state index is 13.1. The molecule has 1 unspecified atom stereocenters. The highest BCUT2D eigenvalue weighted by Gasteiger charge is 2.35. The first-order chi connectivity index (χ1) is 14.7. The Morgan fingerprint density at radius 3 is 2.77 bits per heavy atom. The molecule has 1 atom stereocenters. The third-order valence-corrected chi connectivity index (χ3v) is 5.01. The smallest absolute Gasteiger partial charge is 0.416 e. The van der Waals surface area contributed by atoms with Gasteiger partial charge in [-0.1, -0.05) is 6.07 Å². The molecule has 1 N–H and O–H groups in total. The topological polar surface area (TPSA) is 80.4 Å². The molecule has 3 heterocycles. The first kappa shape index (κ1) is 20.7. The number of carbonyl (C=O) groups excluding carboxylic acids is 2. The van der Waals surface area contributed by atoms with Crippen molar-refractivity contribution in [1.82, 2.24) is 14.7 Å². The molecule has 1 fully saturated rings. The van der Waals surface area contributed by atoms with Crippen molar-refractivity contribution in [3.05, 3.63) is 65.7 Å². The third kappa shape index (κ3) is 4.47. The van der Waals surface area contributed by atoms with Crippen LogP contribution in [0.25, 0.3) is 5.69 Å². The van der Waals surface area contributed by atoms with Crippen LogP contribution in [0, 0.1) is 12.8 Å². The van der Waals surface area contributed by atoms with Crippen LogP contribution >= 0.6 is 0 Å². The Balaban J connectivity index is 1.50. The van der Waals surface area contributed by atoms with E-state index in [4.69, 9.17) is 4.42 Å². The largest absolute Gasteiger partial charge is 0.467 e. The number of hydrogen-bond acceptors (Lipinski definition) is 4. The Kier molecular flexibility index (Phi) is 5.30. The number of aromatic nitrogens is 2. The number of hydrogen-bond donors (Lipinski definition) is 1. The van der Waals surface area contributed by atoms with Crippen LogP contribution in [0.2, 0.25) is 0 Å². The first-order valence-electron chi connectivity index (χ1n) is 9.56. The number of nitrogens with zero attached hydrogens (tertiary/aromatic N) is 3. The summed E-state index contributed by atoms with van der Waals surface area (Å²) in [5.74, 6) is -0.304. The monoisotopic (exact) mass is 432 g/mol. The lowest BCUT2D eigenvalue weighted by molar-refractivity contribution is -0.137. The summed E-state index contributed by atoms with van der Waals surface area (Å²) >= 11 is 0. The number of amides is 2. The molecule has 4 rings (SSSR count). The van der Waals surface area contributed by atoms with Gasteiger partial charge >= 0.3 is 6.18 Å². The summed E-state index contributed by atoms with van der Waals surface area (Å²) in [5, 5.41) is 6.92. The lowest BCUT2D eigenvalue weighted by atomic mass is 10.1. The summed E-state index contributed by atoms with van der Waals surface area (Å²) in [6.07, 6.45) is -2.94. The van der Waals surface area contributed by atoms with Crippen LogP contribution in [0.4, 0.5) is 19.0 Å². The van der Waals surface area contributed by atoms with Gasteiger partial charge in [-0.15, -0.1) is 0 Å². The molecule has 0 spiro atoms. The van der Waals surface area contributed by atoms with E-state index in [1.165, 1.54) is 23.1 Å². The molecule has 162 valence electrons. The quantitative estimate of drug-likeness (QED) is 0.666. The summed E-state index contributed by atoms with van der Waals surface area (Å²) in [7, 11) is 0. The number of likely N-dealkylation sites (tertiary alicyclic amines) is 1. The van der Waals surface area contributed by atoms with Gasteiger partial charge in [-0.2, -0.15) is 18.3 Å². The van der Waals surface area contributed by atoms with Crippen LogP contribution in [-0.2, 0) is 22.3 Å². The van der Waals surface area contributed by atoms with Crippen LogP contribution in [0.5, 0.6) is 0 Å². The van der Waals surface area contributed by atoms with Gasteiger partial charge in [0.15, 0.2) is 0 Å². The van der Waals surface area contributed by atoms with Gasteiger partial charge in [-0.25, -0.2) is 4.68 Å². The van der Waals surface area contributed by atoms with E-state index in [-0.39, 0.29) is 36.9 Å². The van der Waals surface area contributed by atoms with E-state index in [1.807, 2.05) is 0 Å². The molecule has 1 aliphatic rings. The third-order valence-electron chi connectivity index (χ3n) is 5.01. The molecule has 31 heavy (non-hydrogen) atoms. The maximum Gasteiger partial charge on any atom is 0.416 e. The number of halogens is 3. The normalized spacial score (nSPS) is 16.7. The second-order valence-electron chi connectivity index (χ2n) is 7.37. The van der Waals surface area contributed by atoms with Crippen molar-refractivity contribution in [3.8, 4) is 5.69 Å². The van der Waals surface area contributed by atoms with E-state index >= 15 is 0 Å². The predicted octanol–water partition coefficient (Wildman–Crippen LogP) is 3.78.